The first-order valence-electron chi connectivity index (χ1n) is 10.9. The van der Waals surface area contributed by atoms with Crippen molar-refractivity contribution >= 4 is 17.7 Å². The van der Waals surface area contributed by atoms with E-state index < -0.39 is 41.0 Å². The van der Waals surface area contributed by atoms with E-state index in [2.05, 4.69) is 5.32 Å². The Kier molecular flexibility index (Phi) is 6.59. The van der Waals surface area contributed by atoms with Gasteiger partial charge in [-0.25, -0.2) is 4.79 Å². The number of esters is 1. The van der Waals surface area contributed by atoms with Gasteiger partial charge >= 0.3 is 5.97 Å². The number of hydrogen-bond donors (Lipinski definition) is 5. The second-order valence-electron chi connectivity index (χ2n) is 8.24. The van der Waals surface area contributed by atoms with Crippen LogP contribution in [0.5, 0.6) is 23.0 Å². The van der Waals surface area contributed by atoms with Crippen LogP contribution in [-0.2, 0) is 4.74 Å². The molecule has 0 spiro atoms. The van der Waals surface area contributed by atoms with E-state index in [9.17, 15) is 34.8 Å². The Labute approximate surface area is 200 Å². The van der Waals surface area contributed by atoms with Crippen LogP contribution in [0.15, 0.2) is 60.7 Å². The van der Waals surface area contributed by atoms with Crippen molar-refractivity contribution in [2.75, 3.05) is 0 Å². The molecule has 2 atom stereocenters. The van der Waals surface area contributed by atoms with Crippen LogP contribution in [-0.4, -0.2) is 50.2 Å². The molecule has 0 saturated heterocycles. The highest BCUT2D eigenvalue weighted by Gasteiger charge is 2.33. The molecule has 35 heavy (non-hydrogen) atoms. The molecule has 180 valence electrons. The summed E-state index contributed by atoms with van der Waals surface area (Å²) in [6.07, 6.45) is 1.18. The topological polar surface area (TPSA) is 153 Å². The summed E-state index contributed by atoms with van der Waals surface area (Å²) in [5, 5.41) is 42.9. The van der Waals surface area contributed by atoms with Crippen molar-refractivity contribution in [2.45, 2.75) is 31.4 Å². The van der Waals surface area contributed by atoms with Gasteiger partial charge in [-0.2, -0.15) is 0 Å². The predicted octanol–water partition coefficient (Wildman–Crippen LogP) is 3.25. The average Bonchev–Trinajstić information content (AvgIpc) is 3.25. The van der Waals surface area contributed by atoms with E-state index in [0.29, 0.717) is 24.8 Å². The van der Waals surface area contributed by atoms with Crippen molar-refractivity contribution in [3.63, 3.8) is 0 Å². The fourth-order valence-corrected chi connectivity index (χ4v) is 4.06. The number of aromatic hydroxyl groups is 4. The monoisotopic (exact) mass is 477 g/mol. The maximum Gasteiger partial charge on any atom is 0.338 e. The van der Waals surface area contributed by atoms with Crippen LogP contribution in [0.3, 0.4) is 0 Å². The number of amides is 1. The first kappa shape index (κ1) is 23.6. The molecule has 0 heterocycles. The molecule has 5 N–H and O–H groups in total. The maximum atomic E-state index is 12.7. The quantitative estimate of drug-likeness (QED) is 0.268. The van der Waals surface area contributed by atoms with Gasteiger partial charge in [-0.1, -0.05) is 12.1 Å². The van der Waals surface area contributed by atoms with Crippen LogP contribution in [0.1, 0.15) is 55.9 Å². The van der Waals surface area contributed by atoms with Crippen molar-refractivity contribution in [2.24, 2.45) is 0 Å². The van der Waals surface area contributed by atoms with E-state index in [-0.39, 0.29) is 28.5 Å². The van der Waals surface area contributed by atoms with Crippen molar-refractivity contribution in [3.8, 4) is 23.0 Å². The number of benzene rings is 3. The van der Waals surface area contributed by atoms with Crippen LogP contribution in [0.4, 0.5) is 0 Å². The molecule has 0 unspecified atom stereocenters. The van der Waals surface area contributed by atoms with Gasteiger partial charge in [0, 0.05) is 5.56 Å². The highest BCUT2D eigenvalue weighted by Crippen LogP contribution is 2.34. The number of ketones is 1. The molecule has 3 aromatic rings. The fraction of sp³-hybridized carbons (Fsp3) is 0.192. The number of phenols is 4. The Balaban J connectivity index is 1.47. The lowest BCUT2D eigenvalue weighted by Crippen LogP contribution is -2.41. The van der Waals surface area contributed by atoms with Gasteiger partial charge < -0.3 is 30.5 Å². The number of rotatable bonds is 6. The SMILES string of the molecule is O=C(N[C@@H]1CCC[C@H]1OC(=O)c1cc(O)c(C(=O)c2ccccc2O)c(O)c1)c1ccc(O)cc1. The predicted molar refractivity (Wildman–Crippen MR) is 124 cm³/mol. The molecule has 1 aliphatic rings. The van der Waals surface area contributed by atoms with Crippen LogP contribution < -0.4 is 5.32 Å². The molecule has 1 aliphatic carbocycles. The summed E-state index contributed by atoms with van der Waals surface area (Å²) >= 11 is 0. The second kappa shape index (κ2) is 9.76. The van der Waals surface area contributed by atoms with E-state index >= 15 is 0 Å². The van der Waals surface area contributed by atoms with Gasteiger partial charge in [-0.05, 0) is 67.8 Å². The van der Waals surface area contributed by atoms with Crippen molar-refractivity contribution < 1.29 is 39.5 Å². The number of ether oxygens (including phenoxy) is 1. The van der Waals surface area contributed by atoms with E-state index in [1.165, 1.54) is 48.5 Å². The smallest absolute Gasteiger partial charge is 0.338 e. The first-order chi connectivity index (χ1) is 16.7. The molecule has 9 heteroatoms. The Morgan fingerprint density at radius 2 is 1.46 bits per heavy atom. The minimum Gasteiger partial charge on any atom is -0.508 e. The second-order valence-corrected chi connectivity index (χ2v) is 8.24. The lowest BCUT2D eigenvalue weighted by Gasteiger charge is -2.21. The minimum atomic E-state index is -0.840. The third-order valence-corrected chi connectivity index (χ3v) is 5.87. The fourth-order valence-electron chi connectivity index (χ4n) is 4.06. The lowest BCUT2D eigenvalue weighted by atomic mass is 9.99. The molecular weight excluding hydrogens is 454 g/mol. The van der Waals surface area contributed by atoms with Crippen LogP contribution in [0.2, 0.25) is 0 Å². The van der Waals surface area contributed by atoms with Gasteiger partial charge in [0.25, 0.3) is 5.91 Å². The molecule has 1 saturated carbocycles. The van der Waals surface area contributed by atoms with Gasteiger partial charge in [0.15, 0.2) is 0 Å². The summed E-state index contributed by atoms with van der Waals surface area (Å²) in [5.41, 5.74) is -0.404. The van der Waals surface area contributed by atoms with E-state index in [1.807, 2.05) is 0 Å². The Morgan fingerprint density at radius 3 is 2.11 bits per heavy atom. The molecule has 3 aromatic carbocycles. The molecular formula is C26H23NO8. The zero-order valence-corrected chi connectivity index (χ0v) is 18.5. The summed E-state index contributed by atoms with van der Waals surface area (Å²) < 4.78 is 5.54. The normalized spacial score (nSPS) is 17.0. The molecule has 1 fully saturated rings. The summed E-state index contributed by atoms with van der Waals surface area (Å²) in [7, 11) is 0. The number of phenolic OH excluding ortho intramolecular Hbond substituents is 4. The lowest BCUT2D eigenvalue weighted by molar-refractivity contribution is 0.0249. The highest BCUT2D eigenvalue weighted by atomic mass is 16.5. The molecule has 0 radical (unpaired) electrons. The average molecular weight is 477 g/mol. The molecule has 0 aromatic heterocycles. The summed E-state index contributed by atoms with van der Waals surface area (Å²) in [6.45, 7) is 0. The maximum absolute atomic E-state index is 12.7. The van der Waals surface area contributed by atoms with E-state index in [1.54, 1.807) is 0 Å². The first-order valence-corrected chi connectivity index (χ1v) is 10.9. The number of carbonyl (C=O) groups is 3. The van der Waals surface area contributed by atoms with Gasteiger partial charge in [0.2, 0.25) is 5.78 Å². The van der Waals surface area contributed by atoms with Crippen molar-refractivity contribution in [1.82, 2.24) is 5.32 Å². The Morgan fingerprint density at radius 1 is 0.800 bits per heavy atom. The third kappa shape index (κ3) is 5.03. The summed E-state index contributed by atoms with van der Waals surface area (Å²) in [6, 6.07) is 13.0. The van der Waals surface area contributed by atoms with Gasteiger partial charge in [0.05, 0.1) is 17.2 Å². The number of para-hydroxylation sites is 1. The zero-order valence-electron chi connectivity index (χ0n) is 18.5. The molecule has 4 rings (SSSR count). The van der Waals surface area contributed by atoms with Gasteiger partial charge in [-0.3, -0.25) is 9.59 Å². The minimum absolute atomic E-state index is 0.0361. The largest absolute Gasteiger partial charge is 0.508 e. The van der Waals surface area contributed by atoms with E-state index in [4.69, 9.17) is 4.74 Å². The molecule has 0 bridgehead atoms. The van der Waals surface area contributed by atoms with Gasteiger partial charge in [0.1, 0.15) is 34.7 Å². The zero-order chi connectivity index (χ0) is 25.1. The summed E-state index contributed by atoms with van der Waals surface area (Å²) in [4.78, 5) is 37.9. The highest BCUT2D eigenvalue weighted by molar-refractivity contribution is 6.14. The third-order valence-electron chi connectivity index (χ3n) is 5.87. The summed E-state index contributed by atoms with van der Waals surface area (Å²) in [5.74, 6) is -3.60. The Bertz CT molecular complexity index is 1260. The van der Waals surface area contributed by atoms with Crippen LogP contribution in [0.25, 0.3) is 0 Å². The Hall–Kier alpha value is -4.53. The van der Waals surface area contributed by atoms with Crippen molar-refractivity contribution in [3.05, 3.63) is 82.9 Å². The molecule has 0 aliphatic heterocycles. The van der Waals surface area contributed by atoms with E-state index in [0.717, 1.165) is 12.1 Å². The van der Waals surface area contributed by atoms with Gasteiger partial charge in [-0.15, -0.1) is 0 Å². The number of nitrogens with one attached hydrogen (secondary N) is 1. The van der Waals surface area contributed by atoms with Crippen LogP contribution in [0, 0.1) is 0 Å². The molecule has 9 nitrogen and oxygen atoms in total. The van der Waals surface area contributed by atoms with Crippen LogP contribution >= 0.6 is 0 Å². The van der Waals surface area contributed by atoms with Crippen molar-refractivity contribution in [1.29, 1.82) is 0 Å². The standard InChI is InChI=1S/C26H23NO8/c28-16-10-8-14(9-11-16)25(33)27-18-5-3-7-22(18)35-26(34)15-12-20(30)23(21(31)13-15)24(32)17-4-1-2-6-19(17)29/h1-2,4,6,8-13,18,22,28-31H,3,5,7H2,(H,27,33)/t18-,22-/m1/s1. The number of carbonyl (C=O) groups excluding carboxylic acids is 3. The number of hydrogen-bond acceptors (Lipinski definition) is 8. The molecule has 1 amide bonds.